The molecule has 0 aliphatic carbocycles. The minimum Gasteiger partial charge on any atom is -0.469 e. The van der Waals surface area contributed by atoms with Gasteiger partial charge in [-0.3, -0.25) is 9.59 Å². The van der Waals surface area contributed by atoms with Gasteiger partial charge in [0.15, 0.2) is 0 Å². The standard InChI is InChI=1S/C9H10F2N2O3/c1-16-7(15)3-4-8(12)6(14)2-5(13-4)9(10)11/h2,9H,3,12H2,1H3,(H,13,14). The van der Waals surface area contributed by atoms with E-state index in [1.807, 2.05) is 0 Å². The minimum absolute atomic E-state index is 0.0605. The first-order chi connectivity index (χ1) is 7.45. The molecule has 3 N–H and O–H groups in total. The number of esters is 1. The summed E-state index contributed by atoms with van der Waals surface area (Å²) in [5.41, 5.74) is 3.73. The van der Waals surface area contributed by atoms with Gasteiger partial charge in [-0.05, 0) is 0 Å². The first-order valence-corrected chi connectivity index (χ1v) is 4.32. The molecule has 5 nitrogen and oxygen atoms in total. The SMILES string of the molecule is COC(=O)Cc1[nH]c(C(F)F)cc(=O)c1N. The number of carbonyl (C=O) groups is 1. The predicted octanol–water partition coefficient (Wildman–Crippen LogP) is 0.610. The van der Waals surface area contributed by atoms with Gasteiger partial charge in [-0.1, -0.05) is 0 Å². The third kappa shape index (κ3) is 2.56. The van der Waals surface area contributed by atoms with Gasteiger partial charge in [0.2, 0.25) is 5.43 Å². The molecule has 0 bridgehead atoms. The number of pyridine rings is 1. The molecule has 0 saturated carbocycles. The number of alkyl halides is 2. The molecule has 0 aliphatic rings. The molecule has 1 aromatic heterocycles. The highest BCUT2D eigenvalue weighted by Crippen LogP contribution is 2.17. The normalized spacial score (nSPS) is 10.5. The van der Waals surface area contributed by atoms with Crippen molar-refractivity contribution >= 4 is 11.7 Å². The lowest BCUT2D eigenvalue weighted by Gasteiger charge is -2.07. The number of aromatic nitrogens is 1. The Bertz CT molecular complexity index is 457. The molecule has 0 radical (unpaired) electrons. The molecule has 0 fully saturated rings. The number of aromatic amines is 1. The van der Waals surface area contributed by atoms with Gasteiger partial charge in [0, 0.05) is 6.07 Å². The van der Waals surface area contributed by atoms with E-state index < -0.39 is 23.5 Å². The second-order valence-corrected chi connectivity index (χ2v) is 3.03. The fraction of sp³-hybridized carbons (Fsp3) is 0.333. The van der Waals surface area contributed by atoms with Gasteiger partial charge in [0.05, 0.1) is 30.6 Å². The number of anilines is 1. The first-order valence-electron chi connectivity index (χ1n) is 4.32. The Morgan fingerprint density at radius 3 is 2.75 bits per heavy atom. The number of nitrogens with two attached hydrogens (primary N) is 1. The Morgan fingerprint density at radius 1 is 1.62 bits per heavy atom. The molecule has 16 heavy (non-hydrogen) atoms. The Balaban J connectivity index is 3.17. The third-order valence-electron chi connectivity index (χ3n) is 1.96. The van der Waals surface area contributed by atoms with E-state index in [0.717, 1.165) is 7.11 Å². The van der Waals surface area contributed by atoms with Crippen LogP contribution < -0.4 is 11.2 Å². The molecule has 0 saturated heterocycles. The largest absolute Gasteiger partial charge is 0.469 e. The Labute approximate surface area is 89.2 Å². The topological polar surface area (TPSA) is 85.2 Å². The van der Waals surface area contributed by atoms with Crippen molar-refractivity contribution in [2.24, 2.45) is 0 Å². The fourth-order valence-corrected chi connectivity index (χ4v) is 1.12. The van der Waals surface area contributed by atoms with Crippen molar-refractivity contribution in [2.45, 2.75) is 12.8 Å². The zero-order valence-electron chi connectivity index (χ0n) is 8.42. The van der Waals surface area contributed by atoms with Gasteiger partial charge in [-0.2, -0.15) is 0 Å². The lowest BCUT2D eigenvalue weighted by atomic mass is 10.2. The summed E-state index contributed by atoms with van der Waals surface area (Å²) in [5.74, 6) is -0.672. The third-order valence-corrected chi connectivity index (χ3v) is 1.96. The molecule has 0 unspecified atom stereocenters. The van der Waals surface area contributed by atoms with Crippen LogP contribution >= 0.6 is 0 Å². The first kappa shape index (κ1) is 12.2. The van der Waals surface area contributed by atoms with Crippen LogP contribution in [-0.2, 0) is 16.0 Å². The van der Waals surface area contributed by atoms with Crippen molar-refractivity contribution in [3.8, 4) is 0 Å². The summed E-state index contributed by atoms with van der Waals surface area (Å²) in [6, 6.07) is 0.709. The van der Waals surface area contributed by atoms with Crippen molar-refractivity contribution in [1.82, 2.24) is 4.98 Å². The van der Waals surface area contributed by atoms with E-state index in [1.165, 1.54) is 0 Å². The monoisotopic (exact) mass is 232 g/mol. The lowest BCUT2D eigenvalue weighted by molar-refractivity contribution is -0.139. The maximum Gasteiger partial charge on any atom is 0.311 e. The van der Waals surface area contributed by atoms with Crippen LogP contribution in [0, 0.1) is 0 Å². The average Bonchev–Trinajstić information content (AvgIpc) is 2.23. The van der Waals surface area contributed by atoms with Crippen molar-refractivity contribution in [3.05, 3.63) is 27.7 Å². The van der Waals surface area contributed by atoms with E-state index in [0.29, 0.717) is 6.07 Å². The molecule has 0 spiro atoms. The van der Waals surface area contributed by atoms with Crippen LogP contribution in [0.2, 0.25) is 0 Å². The van der Waals surface area contributed by atoms with E-state index >= 15 is 0 Å². The second-order valence-electron chi connectivity index (χ2n) is 3.03. The predicted molar refractivity (Wildman–Crippen MR) is 52.2 cm³/mol. The van der Waals surface area contributed by atoms with Crippen molar-refractivity contribution in [3.63, 3.8) is 0 Å². The van der Waals surface area contributed by atoms with Crippen LogP contribution in [0.4, 0.5) is 14.5 Å². The summed E-state index contributed by atoms with van der Waals surface area (Å²) in [6.45, 7) is 0. The highest BCUT2D eigenvalue weighted by atomic mass is 19.3. The molecule has 0 atom stereocenters. The molecule has 0 aliphatic heterocycles. The molecule has 0 amide bonds. The zero-order chi connectivity index (χ0) is 12.3. The van der Waals surface area contributed by atoms with E-state index in [9.17, 15) is 18.4 Å². The summed E-state index contributed by atoms with van der Waals surface area (Å²) < 4.78 is 29.0. The van der Waals surface area contributed by atoms with Crippen LogP contribution in [0.5, 0.6) is 0 Å². The van der Waals surface area contributed by atoms with Crippen LogP contribution in [0.3, 0.4) is 0 Å². The average molecular weight is 232 g/mol. The summed E-state index contributed by atoms with van der Waals surface area (Å²) in [7, 11) is 1.15. The Kier molecular flexibility index (Phi) is 3.60. The number of carbonyl (C=O) groups excluding carboxylic acids is 1. The maximum atomic E-state index is 12.4. The lowest BCUT2D eigenvalue weighted by Crippen LogP contribution is -2.17. The number of H-pyrrole nitrogens is 1. The minimum atomic E-state index is -2.83. The number of ether oxygens (including phenoxy) is 1. The Morgan fingerprint density at radius 2 is 2.25 bits per heavy atom. The molecular formula is C9H10F2N2O3. The Hall–Kier alpha value is -1.92. The van der Waals surface area contributed by atoms with E-state index in [2.05, 4.69) is 9.72 Å². The number of hydrogen-bond donors (Lipinski definition) is 2. The number of nitrogen functional groups attached to an aromatic ring is 1. The van der Waals surface area contributed by atoms with Crippen LogP contribution in [0.25, 0.3) is 0 Å². The zero-order valence-corrected chi connectivity index (χ0v) is 8.42. The van der Waals surface area contributed by atoms with E-state index in [4.69, 9.17) is 5.73 Å². The second kappa shape index (κ2) is 4.73. The summed E-state index contributed by atoms with van der Waals surface area (Å²) in [5, 5.41) is 0. The smallest absolute Gasteiger partial charge is 0.311 e. The van der Waals surface area contributed by atoms with Gasteiger partial charge in [0.25, 0.3) is 6.43 Å². The summed E-state index contributed by atoms with van der Waals surface area (Å²) in [6.07, 6.45) is -3.18. The number of hydrogen-bond acceptors (Lipinski definition) is 4. The molecule has 1 heterocycles. The summed E-state index contributed by atoms with van der Waals surface area (Å²) in [4.78, 5) is 24.4. The highest BCUT2D eigenvalue weighted by molar-refractivity contribution is 5.73. The van der Waals surface area contributed by atoms with Crippen LogP contribution in [-0.4, -0.2) is 18.1 Å². The van der Waals surface area contributed by atoms with Gasteiger partial charge < -0.3 is 15.5 Å². The number of methoxy groups -OCH3 is 1. The van der Waals surface area contributed by atoms with Crippen molar-refractivity contribution in [1.29, 1.82) is 0 Å². The van der Waals surface area contributed by atoms with Gasteiger partial charge in [0.1, 0.15) is 0 Å². The summed E-state index contributed by atoms with van der Waals surface area (Å²) >= 11 is 0. The van der Waals surface area contributed by atoms with Gasteiger partial charge in [-0.25, -0.2) is 8.78 Å². The molecule has 7 heteroatoms. The molecule has 88 valence electrons. The molecular weight excluding hydrogens is 222 g/mol. The molecule has 1 aromatic rings. The highest BCUT2D eigenvalue weighted by Gasteiger charge is 2.15. The quantitative estimate of drug-likeness (QED) is 0.747. The van der Waals surface area contributed by atoms with Gasteiger partial charge >= 0.3 is 5.97 Å². The van der Waals surface area contributed by atoms with Crippen molar-refractivity contribution < 1.29 is 18.3 Å². The molecule has 1 rings (SSSR count). The maximum absolute atomic E-state index is 12.4. The van der Waals surface area contributed by atoms with Crippen LogP contribution in [0.1, 0.15) is 17.8 Å². The van der Waals surface area contributed by atoms with E-state index in [1.54, 1.807) is 0 Å². The number of nitrogens with one attached hydrogen (secondary N) is 1. The molecule has 0 aromatic carbocycles. The van der Waals surface area contributed by atoms with Crippen LogP contribution in [0.15, 0.2) is 10.9 Å². The van der Waals surface area contributed by atoms with Gasteiger partial charge in [-0.15, -0.1) is 0 Å². The number of rotatable bonds is 3. The number of halogens is 2. The van der Waals surface area contributed by atoms with Crippen molar-refractivity contribution in [2.75, 3.05) is 12.8 Å². The van der Waals surface area contributed by atoms with E-state index in [-0.39, 0.29) is 17.8 Å². The fourth-order valence-electron chi connectivity index (χ4n) is 1.12.